The lowest BCUT2D eigenvalue weighted by atomic mass is 10.3. The van der Waals surface area contributed by atoms with Gasteiger partial charge in [-0.15, -0.1) is 0 Å². The normalized spacial score (nSPS) is 13.5. The molecule has 0 amide bonds. The Bertz CT molecular complexity index is 125. The van der Waals surface area contributed by atoms with Gasteiger partial charge >= 0.3 is 5.97 Å². The maximum absolute atomic E-state index is 10.1. The summed E-state index contributed by atoms with van der Waals surface area (Å²) in [7, 11) is 0. The molecule has 0 bridgehead atoms. The van der Waals surface area contributed by atoms with E-state index in [0.29, 0.717) is 11.0 Å². The summed E-state index contributed by atoms with van der Waals surface area (Å²) in [5, 5.41) is 17.8. The monoisotopic (exact) mass is 178 g/mol. The number of hydrogen-bond donors (Lipinski definition) is 2. The number of hydrogen-bond acceptors (Lipinski definition) is 3. The molecule has 0 aromatic rings. The van der Waals surface area contributed by atoms with E-state index in [1.54, 1.807) is 11.8 Å². The number of aliphatic carboxylic acids is 1. The Labute approximate surface area is 70.8 Å². The van der Waals surface area contributed by atoms with Crippen molar-refractivity contribution in [2.45, 2.75) is 31.6 Å². The number of aliphatic hydroxyl groups is 1. The van der Waals surface area contributed by atoms with Crippen LogP contribution in [0.4, 0.5) is 0 Å². The Morgan fingerprint density at radius 2 is 2.09 bits per heavy atom. The summed E-state index contributed by atoms with van der Waals surface area (Å²) >= 11 is 1.57. The van der Waals surface area contributed by atoms with Gasteiger partial charge in [-0.2, -0.15) is 11.8 Å². The summed E-state index contributed by atoms with van der Waals surface area (Å²) < 4.78 is 0. The first kappa shape index (κ1) is 10.8. The second kappa shape index (κ2) is 5.43. The molecule has 11 heavy (non-hydrogen) atoms. The standard InChI is InChI=1S/C7H14O3S/c1-5(2)11-4-6(8)3-7(9)10/h5-6,8H,3-4H2,1-2H3,(H,9,10). The second-order valence-electron chi connectivity index (χ2n) is 2.63. The van der Waals surface area contributed by atoms with E-state index in [2.05, 4.69) is 0 Å². The van der Waals surface area contributed by atoms with Gasteiger partial charge in [0.2, 0.25) is 0 Å². The van der Waals surface area contributed by atoms with Gasteiger partial charge in [0.25, 0.3) is 0 Å². The van der Waals surface area contributed by atoms with E-state index in [1.165, 1.54) is 0 Å². The van der Waals surface area contributed by atoms with Crippen molar-refractivity contribution in [2.75, 3.05) is 5.75 Å². The van der Waals surface area contributed by atoms with E-state index >= 15 is 0 Å². The third-order valence-corrected chi connectivity index (χ3v) is 2.28. The van der Waals surface area contributed by atoms with Crippen LogP contribution in [0.15, 0.2) is 0 Å². The number of thioether (sulfide) groups is 1. The molecule has 0 aliphatic heterocycles. The highest BCUT2D eigenvalue weighted by Crippen LogP contribution is 2.11. The summed E-state index contributed by atoms with van der Waals surface area (Å²) in [6.07, 6.45) is -0.861. The van der Waals surface area contributed by atoms with E-state index in [0.717, 1.165) is 0 Å². The fraction of sp³-hybridized carbons (Fsp3) is 0.857. The van der Waals surface area contributed by atoms with E-state index < -0.39 is 12.1 Å². The summed E-state index contributed by atoms with van der Waals surface area (Å²) in [6.45, 7) is 4.02. The number of carboxylic acids is 1. The Morgan fingerprint density at radius 3 is 2.45 bits per heavy atom. The molecule has 0 spiro atoms. The maximum atomic E-state index is 10.1. The lowest BCUT2D eigenvalue weighted by Gasteiger charge is -2.08. The highest BCUT2D eigenvalue weighted by atomic mass is 32.2. The molecule has 0 aromatic carbocycles. The van der Waals surface area contributed by atoms with Gasteiger partial charge in [0.1, 0.15) is 0 Å². The van der Waals surface area contributed by atoms with E-state index in [1.807, 2.05) is 13.8 Å². The fourth-order valence-electron chi connectivity index (χ4n) is 0.564. The molecule has 4 heteroatoms. The summed E-state index contributed by atoms with van der Waals surface area (Å²) in [4.78, 5) is 10.1. The van der Waals surface area contributed by atoms with Crippen molar-refractivity contribution in [1.82, 2.24) is 0 Å². The zero-order valence-electron chi connectivity index (χ0n) is 6.78. The topological polar surface area (TPSA) is 57.5 Å². The van der Waals surface area contributed by atoms with Crippen molar-refractivity contribution in [3.8, 4) is 0 Å². The van der Waals surface area contributed by atoms with Crippen LogP contribution in [-0.2, 0) is 4.79 Å². The molecule has 0 fully saturated rings. The van der Waals surface area contributed by atoms with Crippen molar-refractivity contribution >= 4 is 17.7 Å². The van der Waals surface area contributed by atoms with Crippen LogP contribution >= 0.6 is 11.8 Å². The van der Waals surface area contributed by atoms with Crippen LogP contribution < -0.4 is 0 Å². The smallest absolute Gasteiger partial charge is 0.306 e. The predicted octanol–water partition coefficient (Wildman–Crippen LogP) is 0.964. The van der Waals surface area contributed by atoms with Crippen LogP contribution in [0, 0.1) is 0 Å². The van der Waals surface area contributed by atoms with Gasteiger partial charge < -0.3 is 10.2 Å². The lowest BCUT2D eigenvalue weighted by molar-refractivity contribution is -0.138. The summed E-state index contributed by atoms with van der Waals surface area (Å²) in [5.74, 6) is -0.439. The molecule has 3 nitrogen and oxygen atoms in total. The minimum Gasteiger partial charge on any atom is -0.481 e. The van der Waals surface area contributed by atoms with Crippen molar-refractivity contribution < 1.29 is 15.0 Å². The van der Waals surface area contributed by atoms with Crippen LogP contribution in [0.1, 0.15) is 20.3 Å². The van der Waals surface area contributed by atoms with Gasteiger partial charge in [-0.3, -0.25) is 4.79 Å². The van der Waals surface area contributed by atoms with Crippen LogP contribution in [0.25, 0.3) is 0 Å². The molecule has 2 N–H and O–H groups in total. The van der Waals surface area contributed by atoms with Crippen molar-refractivity contribution in [2.24, 2.45) is 0 Å². The molecular weight excluding hydrogens is 164 g/mol. The third-order valence-electron chi connectivity index (χ3n) is 1.03. The van der Waals surface area contributed by atoms with Crippen LogP contribution in [0.2, 0.25) is 0 Å². The molecule has 0 aliphatic rings. The molecule has 0 heterocycles. The Kier molecular flexibility index (Phi) is 5.32. The first-order valence-corrected chi connectivity index (χ1v) is 4.58. The molecular formula is C7H14O3S. The Morgan fingerprint density at radius 1 is 1.55 bits per heavy atom. The second-order valence-corrected chi connectivity index (χ2v) is 4.24. The molecule has 0 radical (unpaired) electrons. The average molecular weight is 178 g/mol. The van der Waals surface area contributed by atoms with Crippen molar-refractivity contribution in [3.63, 3.8) is 0 Å². The lowest BCUT2D eigenvalue weighted by Crippen LogP contribution is -2.16. The van der Waals surface area contributed by atoms with Gasteiger partial charge in [0.05, 0.1) is 12.5 Å². The average Bonchev–Trinajstić information content (AvgIpc) is 1.82. The molecule has 0 aliphatic carbocycles. The number of aliphatic hydroxyl groups excluding tert-OH is 1. The van der Waals surface area contributed by atoms with Gasteiger partial charge in [-0.25, -0.2) is 0 Å². The SMILES string of the molecule is CC(C)SCC(O)CC(=O)O. The quantitative estimate of drug-likeness (QED) is 0.658. The Balaban J connectivity index is 3.37. The minimum absolute atomic E-state index is 0.153. The maximum Gasteiger partial charge on any atom is 0.306 e. The third kappa shape index (κ3) is 7.68. The van der Waals surface area contributed by atoms with Gasteiger partial charge in [-0.1, -0.05) is 13.8 Å². The number of rotatable bonds is 5. The molecule has 0 rings (SSSR count). The van der Waals surface area contributed by atoms with Gasteiger partial charge in [-0.05, 0) is 5.25 Å². The highest BCUT2D eigenvalue weighted by molar-refractivity contribution is 7.99. The molecule has 1 unspecified atom stereocenters. The molecule has 0 saturated carbocycles. The van der Waals surface area contributed by atoms with E-state index in [-0.39, 0.29) is 6.42 Å². The zero-order valence-corrected chi connectivity index (χ0v) is 7.60. The van der Waals surface area contributed by atoms with Gasteiger partial charge in [0.15, 0.2) is 0 Å². The van der Waals surface area contributed by atoms with E-state index in [4.69, 9.17) is 10.2 Å². The van der Waals surface area contributed by atoms with Crippen LogP contribution in [-0.4, -0.2) is 33.3 Å². The molecule has 1 atom stereocenters. The van der Waals surface area contributed by atoms with Gasteiger partial charge in [0, 0.05) is 5.75 Å². The molecule has 0 aromatic heterocycles. The number of carboxylic acid groups (broad SMARTS) is 1. The van der Waals surface area contributed by atoms with Crippen LogP contribution in [0.3, 0.4) is 0 Å². The first-order valence-electron chi connectivity index (χ1n) is 3.54. The molecule has 0 saturated heterocycles. The predicted molar refractivity (Wildman–Crippen MR) is 45.9 cm³/mol. The summed E-state index contributed by atoms with van der Waals surface area (Å²) in [5.41, 5.74) is 0. The van der Waals surface area contributed by atoms with E-state index in [9.17, 15) is 4.79 Å². The Hall–Kier alpha value is -0.220. The van der Waals surface area contributed by atoms with Crippen LogP contribution in [0.5, 0.6) is 0 Å². The highest BCUT2D eigenvalue weighted by Gasteiger charge is 2.09. The largest absolute Gasteiger partial charge is 0.481 e. The minimum atomic E-state index is -0.943. The fourth-order valence-corrected chi connectivity index (χ4v) is 1.29. The van der Waals surface area contributed by atoms with Crippen molar-refractivity contribution in [3.05, 3.63) is 0 Å². The first-order chi connectivity index (χ1) is 5.02. The molecule has 66 valence electrons. The number of carbonyl (C=O) groups is 1. The summed E-state index contributed by atoms with van der Waals surface area (Å²) in [6, 6.07) is 0. The zero-order chi connectivity index (χ0) is 8.85. The van der Waals surface area contributed by atoms with Crippen molar-refractivity contribution in [1.29, 1.82) is 0 Å².